The summed E-state index contributed by atoms with van der Waals surface area (Å²) in [6, 6.07) is 10.4. The molecule has 1 amide bonds. The Balaban J connectivity index is 1.78. The van der Waals surface area contributed by atoms with Gasteiger partial charge in [-0.3, -0.25) is 9.59 Å². The number of thioether (sulfide) groups is 1. The second-order valence-corrected chi connectivity index (χ2v) is 9.37. The van der Waals surface area contributed by atoms with Crippen LogP contribution in [0.2, 0.25) is 5.02 Å². The third-order valence-electron chi connectivity index (χ3n) is 3.97. The van der Waals surface area contributed by atoms with Crippen molar-refractivity contribution in [2.75, 3.05) is 7.11 Å². The van der Waals surface area contributed by atoms with E-state index in [4.69, 9.17) is 25.6 Å². The number of halogens is 1. The largest absolute Gasteiger partial charge is 0.493 e. The minimum atomic E-state index is -4.13. The number of ether oxygens (including phenoxy) is 1. The van der Waals surface area contributed by atoms with E-state index in [9.17, 15) is 18.0 Å². The van der Waals surface area contributed by atoms with E-state index in [1.54, 1.807) is 18.2 Å². The normalized spacial score (nSPS) is 17.5. The van der Waals surface area contributed by atoms with Gasteiger partial charge in [0.25, 0.3) is 0 Å². The first-order valence-corrected chi connectivity index (χ1v) is 11.5. The molecule has 0 saturated carbocycles. The van der Waals surface area contributed by atoms with Crippen molar-refractivity contribution in [1.29, 1.82) is 0 Å². The molecule has 1 fully saturated rings. The van der Waals surface area contributed by atoms with Crippen LogP contribution >= 0.6 is 23.4 Å². The molecular formula is C19H16ClN3O7S2. The lowest BCUT2D eigenvalue weighted by Crippen LogP contribution is -2.26. The first-order chi connectivity index (χ1) is 15.2. The number of carbonyl (C=O) groups excluding carboxylic acids is 1. The second kappa shape index (κ2) is 10.0. The molecule has 1 saturated heterocycles. The van der Waals surface area contributed by atoms with Crippen LogP contribution in [0.15, 0.2) is 57.6 Å². The number of amidine groups is 1. The maximum atomic E-state index is 12.5. The predicted molar refractivity (Wildman–Crippen MR) is 119 cm³/mol. The van der Waals surface area contributed by atoms with Crippen molar-refractivity contribution in [3.05, 3.63) is 53.1 Å². The summed E-state index contributed by atoms with van der Waals surface area (Å²) in [5.41, 5.74) is 0.414. The number of carboxylic acid groups (broad SMARTS) is 1. The number of rotatable bonds is 8. The molecule has 0 bridgehead atoms. The van der Waals surface area contributed by atoms with E-state index >= 15 is 0 Å². The number of nitrogens with zero attached hydrogens (tertiary/aromatic N) is 2. The number of amides is 1. The van der Waals surface area contributed by atoms with Crippen LogP contribution < -0.4 is 14.2 Å². The molecule has 0 radical (unpaired) electrons. The molecule has 2 N–H and O–H groups in total. The fraction of sp³-hybridized carbons (Fsp3) is 0.158. The van der Waals surface area contributed by atoms with Crippen molar-refractivity contribution in [2.24, 2.45) is 10.2 Å². The zero-order chi connectivity index (χ0) is 23.3. The standard InChI is InChI=1S/C19H16ClN3O7S2/c1-29-14-8-11(10-21-23-19-22-18(26)15(31-19)9-16(24)25)7-13(20)17(14)30-32(27,28)12-5-3-2-4-6-12/h2-8,10,15H,9H2,1H3,(H,24,25)(H,22,23,26)/b21-10+. The number of carbonyl (C=O) groups is 2. The van der Waals surface area contributed by atoms with Crippen LogP contribution in [0, 0.1) is 0 Å². The minimum absolute atomic E-state index is 0.0389. The molecule has 2 aromatic carbocycles. The van der Waals surface area contributed by atoms with Gasteiger partial charge in [-0.2, -0.15) is 13.5 Å². The highest BCUT2D eigenvalue weighted by Crippen LogP contribution is 2.38. The Bertz CT molecular complexity index is 1200. The van der Waals surface area contributed by atoms with Crippen molar-refractivity contribution in [2.45, 2.75) is 16.6 Å². The molecule has 32 heavy (non-hydrogen) atoms. The summed E-state index contributed by atoms with van der Waals surface area (Å²) in [5.74, 6) is -1.69. The van der Waals surface area contributed by atoms with E-state index < -0.39 is 27.2 Å². The second-order valence-electron chi connectivity index (χ2n) is 6.23. The monoisotopic (exact) mass is 497 g/mol. The molecule has 0 aliphatic carbocycles. The highest BCUT2D eigenvalue weighted by Gasteiger charge is 2.32. The van der Waals surface area contributed by atoms with Crippen molar-refractivity contribution in [3.8, 4) is 11.5 Å². The lowest BCUT2D eigenvalue weighted by Gasteiger charge is -2.13. The summed E-state index contributed by atoms with van der Waals surface area (Å²) in [6.45, 7) is 0. The van der Waals surface area contributed by atoms with Crippen molar-refractivity contribution in [3.63, 3.8) is 0 Å². The molecule has 1 heterocycles. The molecule has 168 valence electrons. The summed E-state index contributed by atoms with van der Waals surface area (Å²) < 4.78 is 35.4. The maximum absolute atomic E-state index is 12.5. The van der Waals surface area contributed by atoms with Gasteiger partial charge in [0, 0.05) is 5.56 Å². The fourth-order valence-electron chi connectivity index (χ4n) is 2.53. The lowest BCUT2D eigenvalue weighted by molar-refractivity contribution is -0.138. The number of nitrogens with one attached hydrogen (secondary N) is 1. The third-order valence-corrected chi connectivity index (χ3v) is 6.56. The molecule has 13 heteroatoms. The Hall–Kier alpha value is -3.09. The summed E-state index contributed by atoms with van der Waals surface area (Å²) in [6.07, 6.45) is 0.966. The van der Waals surface area contributed by atoms with Gasteiger partial charge < -0.3 is 19.3 Å². The van der Waals surface area contributed by atoms with Gasteiger partial charge in [-0.25, -0.2) is 0 Å². The average Bonchev–Trinajstić information content (AvgIpc) is 3.08. The Kier molecular flexibility index (Phi) is 7.38. The van der Waals surface area contributed by atoms with Gasteiger partial charge >= 0.3 is 16.1 Å². The van der Waals surface area contributed by atoms with E-state index in [1.165, 1.54) is 37.6 Å². The topological polar surface area (TPSA) is 144 Å². The molecular weight excluding hydrogens is 482 g/mol. The van der Waals surface area contributed by atoms with Gasteiger partial charge in [-0.15, -0.1) is 5.10 Å². The molecule has 1 aliphatic rings. The van der Waals surface area contributed by atoms with Crippen molar-refractivity contribution in [1.82, 2.24) is 5.32 Å². The Morgan fingerprint density at radius 3 is 2.69 bits per heavy atom. The first kappa shape index (κ1) is 23.6. The van der Waals surface area contributed by atoms with Crippen LogP contribution in [0.4, 0.5) is 0 Å². The first-order valence-electron chi connectivity index (χ1n) is 8.87. The van der Waals surface area contributed by atoms with Crippen LogP contribution in [0.25, 0.3) is 0 Å². The van der Waals surface area contributed by atoms with Crippen molar-refractivity contribution >= 4 is 56.7 Å². The predicted octanol–water partition coefficient (Wildman–Crippen LogP) is 2.51. The van der Waals surface area contributed by atoms with Gasteiger partial charge in [0.2, 0.25) is 11.7 Å². The van der Waals surface area contributed by atoms with Crippen LogP contribution in [0.5, 0.6) is 11.5 Å². The average molecular weight is 498 g/mol. The number of benzene rings is 2. The van der Waals surface area contributed by atoms with E-state index in [0.29, 0.717) is 5.56 Å². The van der Waals surface area contributed by atoms with E-state index in [1.807, 2.05) is 0 Å². The van der Waals surface area contributed by atoms with Gasteiger partial charge in [-0.1, -0.05) is 41.6 Å². The Labute approximate surface area is 192 Å². The van der Waals surface area contributed by atoms with Gasteiger partial charge in [0.1, 0.15) is 10.1 Å². The number of hydrogen-bond donors (Lipinski definition) is 2. The molecule has 2 aromatic rings. The van der Waals surface area contributed by atoms with Gasteiger partial charge in [0.15, 0.2) is 10.9 Å². The van der Waals surface area contributed by atoms with Crippen LogP contribution in [0.1, 0.15) is 12.0 Å². The molecule has 0 spiro atoms. The molecule has 3 rings (SSSR count). The summed E-state index contributed by atoms with van der Waals surface area (Å²) in [7, 11) is -2.81. The Morgan fingerprint density at radius 2 is 2.03 bits per heavy atom. The highest BCUT2D eigenvalue weighted by molar-refractivity contribution is 8.15. The third kappa shape index (κ3) is 5.78. The smallest absolute Gasteiger partial charge is 0.339 e. The fourth-order valence-corrected chi connectivity index (χ4v) is 4.73. The number of methoxy groups -OCH3 is 1. The lowest BCUT2D eigenvalue weighted by atomic mass is 10.2. The molecule has 1 atom stereocenters. The highest BCUT2D eigenvalue weighted by atomic mass is 35.5. The molecule has 10 nitrogen and oxygen atoms in total. The zero-order valence-corrected chi connectivity index (χ0v) is 18.8. The van der Waals surface area contributed by atoms with Crippen LogP contribution in [0.3, 0.4) is 0 Å². The zero-order valence-electron chi connectivity index (χ0n) is 16.4. The van der Waals surface area contributed by atoms with Crippen LogP contribution in [-0.4, -0.2) is 49.1 Å². The molecule has 0 aromatic heterocycles. The maximum Gasteiger partial charge on any atom is 0.339 e. The molecule has 1 aliphatic heterocycles. The van der Waals surface area contributed by atoms with Gasteiger partial charge in [-0.05, 0) is 24.3 Å². The van der Waals surface area contributed by atoms with Crippen molar-refractivity contribution < 1.29 is 32.0 Å². The molecule has 1 unspecified atom stereocenters. The Morgan fingerprint density at radius 1 is 1.31 bits per heavy atom. The quantitative estimate of drug-likeness (QED) is 0.321. The minimum Gasteiger partial charge on any atom is -0.493 e. The van der Waals surface area contributed by atoms with E-state index in [-0.39, 0.29) is 33.0 Å². The van der Waals surface area contributed by atoms with E-state index in [0.717, 1.165) is 11.8 Å². The van der Waals surface area contributed by atoms with E-state index in [2.05, 4.69) is 15.5 Å². The number of carboxylic acids is 1. The number of aliphatic carboxylic acids is 1. The van der Waals surface area contributed by atoms with Gasteiger partial charge in [0.05, 0.1) is 24.8 Å². The summed E-state index contributed by atoms with van der Waals surface area (Å²) in [5, 5.41) is 18.3. The SMILES string of the molecule is COc1cc(/C=N/N=C2\NC(=O)C(CC(=O)O)S2)cc(Cl)c1OS(=O)(=O)c1ccccc1. The van der Waals surface area contributed by atoms with Crippen LogP contribution in [-0.2, 0) is 19.7 Å². The summed E-state index contributed by atoms with van der Waals surface area (Å²) >= 11 is 7.17. The summed E-state index contributed by atoms with van der Waals surface area (Å²) in [4.78, 5) is 22.4. The number of hydrogen-bond acceptors (Lipinski definition) is 9.